The summed E-state index contributed by atoms with van der Waals surface area (Å²) >= 11 is 5.91. The number of benzene rings is 7. The Kier molecular flexibility index (Phi) is 16.2. The van der Waals surface area contributed by atoms with Gasteiger partial charge in [0, 0.05) is 36.4 Å². The summed E-state index contributed by atoms with van der Waals surface area (Å²) in [4.78, 5) is 66.9. The quantitative estimate of drug-likeness (QED) is 0.0940. The van der Waals surface area contributed by atoms with Gasteiger partial charge in [-0.2, -0.15) is 0 Å². The molecule has 0 atom stereocenters. The third-order valence-electron chi connectivity index (χ3n) is 13.8. The Morgan fingerprint density at radius 2 is 1.27 bits per heavy atom. The predicted octanol–water partition coefficient (Wildman–Crippen LogP) is 10.4. The number of Topliss-reactive ketones (excluding diaryl/α,β-unsaturated/α-hetero) is 1. The number of amides is 1. The van der Waals surface area contributed by atoms with Crippen LogP contribution in [-0.4, -0.2) is 53.6 Å². The van der Waals surface area contributed by atoms with Crippen LogP contribution in [0.4, 0.5) is 4.39 Å². The fourth-order valence-electron chi connectivity index (χ4n) is 9.63. The van der Waals surface area contributed by atoms with Gasteiger partial charge >= 0.3 is 5.69 Å². The van der Waals surface area contributed by atoms with Gasteiger partial charge in [0.2, 0.25) is 11.7 Å². The number of para-hydroxylation sites is 1. The molecule has 0 bridgehead atoms. The molecule has 3 aromatic heterocycles. The van der Waals surface area contributed by atoms with Crippen LogP contribution in [0, 0.1) is 33.5 Å². The molecule has 0 aliphatic rings. The highest BCUT2D eigenvalue weighted by Crippen LogP contribution is 2.23. The van der Waals surface area contributed by atoms with Crippen molar-refractivity contribution in [1.29, 1.82) is 0 Å². The number of hydrogen-bond acceptors (Lipinski definition) is 8. The van der Waals surface area contributed by atoms with Crippen molar-refractivity contribution in [2.24, 2.45) is 0 Å². The third kappa shape index (κ3) is 12.0. The molecule has 0 radical (unpaired) electrons. The fraction of sp³-hybridized carbons (Fsp3) is 0.210. The van der Waals surface area contributed by atoms with E-state index < -0.39 is 11.2 Å². The van der Waals surface area contributed by atoms with Crippen molar-refractivity contribution in [3.8, 4) is 11.4 Å². The Bertz CT molecular complexity index is 3970. The average molecular weight is 1050 g/mol. The molecule has 10 aromatic rings. The minimum absolute atomic E-state index is 0.0338. The maximum absolute atomic E-state index is 14.1. The summed E-state index contributed by atoms with van der Waals surface area (Å²) in [5.74, 6) is 1.12. The van der Waals surface area contributed by atoms with E-state index in [4.69, 9.17) is 16.3 Å². The molecule has 0 unspecified atom stereocenters. The van der Waals surface area contributed by atoms with Crippen molar-refractivity contribution in [2.45, 2.75) is 72.9 Å². The first-order valence-electron chi connectivity index (χ1n) is 25.4. The molecular formula is C62H57ClFN7O6. The van der Waals surface area contributed by atoms with Crippen LogP contribution >= 0.6 is 11.6 Å². The monoisotopic (exact) mass is 1050 g/mol. The van der Waals surface area contributed by atoms with Crippen molar-refractivity contribution >= 4 is 50.9 Å². The molecule has 1 N–H and O–H groups in total. The van der Waals surface area contributed by atoms with E-state index in [0.29, 0.717) is 87.7 Å². The van der Waals surface area contributed by atoms with Gasteiger partial charge in [0.05, 0.1) is 47.7 Å². The molecule has 0 saturated carbocycles. The number of halogens is 2. The van der Waals surface area contributed by atoms with Crippen LogP contribution in [-0.2, 0) is 37.1 Å². The van der Waals surface area contributed by atoms with Crippen molar-refractivity contribution in [3.05, 3.63) is 250 Å². The second kappa shape index (κ2) is 23.4. The highest BCUT2D eigenvalue weighted by Gasteiger charge is 2.20. The van der Waals surface area contributed by atoms with E-state index in [-0.39, 0.29) is 42.6 Å². The Balaban J connectivity index is 0.000000189. The maximum atomic E-state index is 14.1. The molecule has 13 nitrogen and oxygen atoms in total. The molecule has 7 aromatic carbocycles. The SMILES string of the molecule is COc1ccc(-n2c(=O)c3ccc(C(=O)CCc4ccc(C)cc4)cc3n(Cc3c(C)cc(C)cc3C)c2=O)cc1.O=C(CCc1nnc2n(Cc3ccc(F)cc3)c(=O)c3ccccc3n12)NCCc1ccc(Cl)cc1. The Labute approximate surface area is 448 Å². The van der Waals surface area contributed by atoms with Crippen molar-refractivity contribution in [3.63, 3.8) is 0 Å². The summed E-state index contributed by atoms with van der Waals surface area (Å²) in [5, 5.41) is 13.1. The Morgan fingerprint density at radius 3 is 1.97 bits per heavy atom. The van der Waals surface area contributed by atoms with Gasteiger partial charge in [0.15, 0.2) is 5.78 Å². The van der Waals surface area contributed by atoms with Gasteiger partial charge in [-0.3, -0.25) is 32.7 Å². The van der Waals surface area contributed by atoms with E-state index in [1.54, 1.807) is 78.4 Å². The van der Waals surface area contributed by atoms with E-state index in [1.807, 2.05) is 92.8 Å². The van der Waals surface area contributed by atoms with Gasteiger partial charge in [-0.25, -0.2) is 13.8 Å². The number of ketones is 1. The molecule has 1 amide bonds. The summed E-state index contributed by atoms with van der Waals surface area (Å²) in [6.45, 7) is 9.14. The van der Waals surface area contributed by atoms with Crippen LogP contribution < -0.4 is 26.9 Å². The zero-order valence-corrected chi connectivity index (χ0v) is 44.2. The lowest BCUT2D eigenvalue weighted by atomic mass is 9.99. The van der Waals surface area contributed by atoms with Crippen molar-refractivity contribution < 1.29 is 18.7 Å². The van der Waals surface area contributed by atoms with Gasteiger partial charge in [0.1, 0.15) is 17.4 Å². The number of ether oxygens (including phenoxy) is 1. The molecule has 3 heterocycles. The van der Waals surface area contributed by atoms with E-state index >= 15 is 0 Å². The smallest absolute Gasteiger partial charge is 0.336 e. The molecule has 0 aliphatic heterocycles. The minimum Gasteiger partial charge on any atom is -0.497 e. The lowest BCUT2D eigenvalue weighted by molar-refractivity contribution is -0.121. The van der Waals surface area contributed by atoms with Crippen molar-refractivity contribution in [1.82, 2.24) is 33.6 Å². The second-order valence-electron chi connectivity index (χ2n) is 19.2. The fourth-order valence-corrected chi connectivity index (χ4v) is 9.75. The largest absolute Gasteiger partial charge is 0.497 e. The van der Waals surface area contributed by atoms with Gasteiger partial charge < -0.3 is 10.1 Å². The minimum atomic E-state index is -0.462. The van der Waals surface area contributed by atoms with Crippen LogP contribution in [0.15, 0.2) is 166 Å². The standard InChI is InChI=1S/C35H34N2O4.C27H23ClFN5O2/c1-22-6-8-26(9-7-22)10-17-33(38)27-11-16-30-32(20-27)36(21-31-24(3)18-23(2)19-25(31)4)35(40)37(34(30)39)28-12-14-29(41-5)15-13-28;28-20-9-5-18(6-10-20)15-16-30-25(35)14-13-24-31-32-27-33(17-19-7-11-21(29)12-8-19)26(36)22-3-1-2-4-23(22)34(24)27/h6-9,11-16,18-20H,10,17,21H2,1-5H3;1-12H,13-17H2,(H,30,35). The Morgan fingerprint density at radius 1 is 0.623 bits per heavy atom. The van der Waals surface area contributed by atoms with E-state index in [9.17, 15) is 28.4 Å². The van der Waals surface area contributed by atoms with E-state index in [2.05, 4.69) is 27.6 Å². The number of carbonyl (C=O) groups excluding carboxylic acids is 2. The number of rotatable bonds is 16. The lowest BCUT2D eigenvalue weighted by Gasteiger charge is -2.18. The van der Waals surface area contributed by atoms with Gasteiger partial charge in [0.25, 0.3) is 11.1 Å². The molecule has 0 saturated heterocycles. The summed E-state index contributed by atoms with van der Waals surface area (Å²) in [5.41, 5.74) is 9.37. The van der Waals surface area contributed by atoms with E-state index in [1.165, 1.54) is 26.8 Å². The molecular weight excluding hydrogens is 993 g/mol. The summed E-state index contributed by atoms with van der Waals surface area (Å²) in [6.07, 6.45) is 2.24. The number of methoxy groups -OCH3 is 1. The number of fused-ring (bicyclic) bond motifs is 4. The molecule has 10 rings (SSSR count). The van der Waals surface area contributed by atoms with Crippen LogP contribution in [0.1, 0.15) is 73.5 Å². The van der Waals surface area contributed by atoms with Gasteiger partial charge in [-0.15, -0.1) is 10.2 Å². The normalized spacial score (nSPS) is 11.2. The number of nitrogens with one attached hydrogen (secondary N) is 1. The predicted molar refractivity (Wildman–Crippen MR) is 301 cm³/mol. The second-order valence-corrected chi connectivity index (χ2v) is 19.7. The zero-order valence-electron chi connectivity index (χ0n) is 43.5. The first-order chi connectivity index (χ1) is 37.1. The summed E-state index contributed by atoms with van der Waals surface area (Å²) in [6, 6.07) is 45.0. The first-order valence-corrected chi connectivity index (χ1v) is 25.7. The van der Waals surface area contributed by atoms with Gasteiger partial charge in [-0.05, 0) is 147 Å². The van der Waals surface area contributed by atoms with Crippen LogP contribution in [0.3, 0.4) is 0 Å². The van der Waals surface area contributed by atoms with Crippen LogP contribution in [0.5, 0.6) is 5.75 Å². The number of carbonyl (C=O) groups is 2. The summed E-state index contributed by atoms with van der Waals surface area (Å²) in [7, 11) is 1.57. The lowest BCUT2D eigenvalue weighted by Crippen LogP contribution is -2.39. The molecule has 0 fully saturated rings. The van der Waals surface area contributed by atoms with Crippen LogP contribution in [0.2, 0.25) is 5.02 Å². The molecule has 0 aliphatic carbocycles. The number of aromatic nitrogens is 6. The van der Waals surface area contributed by atoms with Crippen molar-refractivity contribution in [2.75, 3.05) is 13.7 Å². The zero-order chi connectivity index (χ0) is 54.3. The highest BCUT2D eigenvalue weighted by molar-refractivity contribution is 6.30. The highest BCUT2D eigenvalue weighted by atomic mass is 35.5. The molecule has 390 valence electrons. The topological polar surface area (TPSA) is 152 Å². The molecule has 15 heteroatoms. The van der Waals surface area contributed by atoms with Gasteiger partial charge in [-0.1, -0.05) is 102 Å². The maximum Gasteiger partial charge on any atom is 0.336 e. The van der Waals surface area contributed by atoms with Crippen LogP contribution in [0.25, 0.3) is 33.3 Å². The number of nitrogens with zero attached hydrogens (tertiary/aromatic N) is 6. The average Bonchev–Trinajstić information content (AvgIpc) is 3.91. The third-order valence-corrected chi connectivity index (χ3v) is 14.0. The summed E-state index contributed by atoms with van der Waals surface area (Å²) < 4.78 is 24.8. The molecule has 0 spiro atoms. The first kappa shape index (κ1) is 53.1. The van der Waals surface area contributed by atoms with E-state index in [0.717, 1.165) is 38.9 Å². The number of aryl methyl sites for hydroxylation is 6. The molecule has 77 heavy (non-hydrogen) atoms. The Hall–Kier alpha value is -8.75. The number of hydrogen-bond donors (Lipinski definition) is 1.